The molecule has 1 aliphatic carbocycles. The van der Waals surface area contributed by atoms with Crippen LogP contribution in [0.15, 0.2) is 106 Å². The van der Waals surface area contributed by atoms with Crippen LogP contribution in [0.5, 0.6) is 0 Å². The number of aliphatic carboxylic acids is 1. The standard InChI is InChI=1S/C39H48N4O4/c1-8-10-11-12-15-47-24(7)36-22(5)30-17-29-21(4)26(13-14-35(45)46)38(42-29)27-16-34(44)37-23(6)31(43-39(27)37)18-32-25(9-2)20(3)28(40-32)19-33(36)41-30/h17-19,21,24,26,42,44H,8-16H2,1-7H3,(H,45,46)/t21?,24?,26-/m0/s1. The van der Waals surface area contributed by atoms with Gasteiger partial charge in [-0.3, -0.25) is 4.79 Å². The van der Waals surface area contributed by atoms with Crippen LogP contribution in [0.2, 0.25) is 0 Å². The Hall–Kier alpha value is -4.04. The predicted molar refractivity (Wildman–Crippen MR) is 188 cm³/mol. The molecule has 8 bridgehead atoms. The van der Waals surface area contributed by atoms with Crippen molar-refractivity contribution >= 4 is 23.1 Å². The molecule has 3 N–H and O–H groups in total. The van der Waals surface area contributed by atoms with E-state index in [1.165, 1.54) is 18.4 Å². The van der Waals surface area contributed by atoms with Gasteiger partial charge in [-0.15, -0.1) is 0 Å². The molecular weight excluding hydrogens is 588 g/mol. The third-order valence-corrected chi connectivity index (χ3v) is 10.5. The number of hydrogen-bond donors (Lipinski definition) is 3. The monoisotopic (exact) mass is 636 g/mol. The number of allylic oxidation sites excluding steroid dienone is 11. The summed E-state index contributed by atoms with van der Waals surface area (Å²) in [7, 11) is 0. The van der Waals surface area contributed by atoms with E-state index >= 15 is 0 Å². The average molecular weight is 637 g/mol. The number of aliphatic imine (C=N–C) groups is 3. The zero-order valence-electron chi connectivity index (χ0n) is 28.9. The highest BCUT2D eigenvalue weighted by molar-refractivity contribution is 6.21. The van der Waals surface area contributed by atoms with Crippen LogP contribution < -0.4 is 5.32 Å². The first-order valence-corrected chi connectivity index (χ1v) is 17.3. The quantitative estimate of drug-likeness (QED) is 0.197. The van der Waals surface area contributed by atoms with Gasteiger partial charge >= 0.3 is 5.97 Å². The molecule has 3 atom stereocenters. The number of unbranched alkanes of at least 4 members (excludes halogenated alkanes) is 3. The van der Waals surface area contributed by atoms with Gasteiger partial charge in [-0.25, -0.2) is 15.0 Å². The Morgan fingerprint density at radius 1 is 1.00 bits per heavy atom. The highest BCUT2D eigenvalue weighted by Crippen LogP contribution is 2.46. The molecule has 0 aromatic heterocycles. The van der Waals surface area contributed by atoms with Crippen LogP contribution in [0.3, 0.4) is 0 Å². The maximum Gasteiger partial charge on any atom is 0.303 e. The molecule has 5 aliphatic heterocycles. The van der Waals surface area contributed by atoms with Crippen molar-refractivity contribution in [2.45, 2.75) is 106 Å². The molecule has 5 heterocycles. The van der Waals surface area contributed by atoms with Gasteiger partial charge in [0.05, 0.1) is 40.3 Å². The maximum atomic E-state index is 11.7. The van der Waals surface area contributed by atoms with Gasteiger partial charge in [0.1, 0.15) is 5.76 Å². The van der Waals surface area contributed by atoms with Crippen LogP contribution in [0.4, 0.5) is 0 Å². The molecular formula is C39H48N4O4. The Bertz CT molecular complexity index is 1770. The summed E-state index contributed by atoms with van der Waals surface area (Å²) >= 11 is 0. The minimum atomic E-state index is -0.816. The van der Waals surface area contributed by atoms with E-state index in [2.05, 4.69) is 59.0 Å². The van der Waals surface area contributed by atoms with Crippen LogP contribution in [0, 0.1) is 11.8 Å². The van der Waals surface area contributed by atoms with E-state index in [0.29, 0.717) is 25.2 Å². The molecule has 1 fully saturated rings. The van der Waals surface area contributed by atoms with Gasteiger partial charge in [0, 0.05) is 59.4 Å². The highest BCUT2D eigenvalue weighted by Gasteiger charge is 2.41. The van der Waals surface area contributed by atoms with Gasteiger partial charge in [-0.05, 0) is 87.5 Å². The molecule has 0 aromatic rings. The van der Waals surface area contributed by atoms with E-state index in [1.54, 1.807) is 0 Å². The van der Waals surface area contributed by atoms with E-state index in [9.17, 15) is 15.0 Å². The summed E-state index contributed by atoms with van der Waals surface area (Å²) in [4.78, 5) is 27.2. The molecule has 1 saturated heterocycles. The van der Waals surface area contributed by atoms with Crippen LogP contribution >= 0.6 is 0 Å². The number of carboxylic acid groups (broad SMARTS) is 1. The summed E-state index contributed by atoms with van der Waals surface area (Å²) in [6.45, 7) is 15.6. The second-order valence-electron chi connectivity index (χ2n) is 13.5. The number of nitrogens with one attached hydrogen (secondary N) is 1. The van der Waals surface area contributed by atoms with Crippen molar-refractivity contribution in [3.63, 3.8) is 0 Å². The number of carbonyl (C=O) groups is 1. The minimum Gasteiger partial charge on any atom is -0.511 e. The van der Waals surface area contributed by atoms with Gasteiger partial charge in [0.2, 0.25) is 0 Å². The first-order chi connectivity index (χ1) is 22.5. The fraction of sp³-hybridized carbons (Fsp3) is 0.487. The van der Waals surface area contributed by atoms with Gasteiger partial charge in [0.15, 0.2) is 0 Å². The van der Waals surface area contributed by atoms with E-state index < -0.39 is 5.97 Å². The summed E-state index contributed by atoms with van der Waals surface area (Å²) in [6, 6.07) is 0. The van der Waals surface area contributed by atoms with Gasteiger partial charge < -0.3 is 20.3 Å². The predicted octanol–water partition coefficient (Wildman–Crippen LogP) is 8.51. The second kappa shape index (κ2) is 13.2. The summed E-state index contributed by atoms with van der Waals surface area (Å²) in [5.41, 5.74) is 14.1. The smallest absolute Gasteiger partial charge is 0.303 e. The zero-order valence-corrected chi connectivity index (χ0v) is 28.9. The molecule has 0 radical (unpaired) electrons. The topological polar surface area (TPSA) is 116 Å². The Balaban J connectivity index is 1.52. The lowest BCUT2D eigenvalue weighted by Crippen LogP contribution is -2.15. The molecule has 47 heavy (non-hydrogen) atoms. The van der Waals surface area contributed by atoms with E-state index in [4.69, 9.17) is 19.7 Å². The van der Waals surface area contributed by atoms with Crippen molar-refractivity contribution in [3.05, 3.63) is 91.5 Å². The number of aliphatic hydroxyl groups is 1. The van der Waals surface area contributed by atoms with Crippen molar-refractivity contribution in [2.75, 3.05) is 6.61 Å². The van der Waals surface area contributed by atoms with Crippen molar-refractivity contribution in [1.29, 1.82) is 0 Å². The third kappa shape index (κ3) is 5.97. The van der Waals surface area contributed by atoms with Crippen molar-refractivity contribution in [3.8, 4) is 0 Å². The largest absolute Gasteiger partial charge is 0.511 e. The number of rotatable bonds is 11. The lowest BCUT2D eigenvalue weighted by molar-refractivity contribution is -0.137. The Morgan fingerprint density at radius 2 is 1.74 bits per heavy atom. The van der Waals surface area contributed by atoms with Crippen LogP contribution in [0.1, 0.15) is 99.8 Å². The van der Waals surface area contributed by atoms with Crippen molar-refractivity contribution in [2.24, 2.45) is 26.8 Å². The van der Waals surface area contributed by atoms with Crippen molar-refractivity contribution < 1.29 is 19.7 Å². The Morgan fingerprint density at radius 3 is 2.47 bits per heavy atom. The molecule has 0 aromatic carbocycles. The van der Waals surface area contributed by atoms with Crippen LogP contribution in [0.25, 0.3) is 0 Å². The average Bonchev–Trinajstić information content (AvgIpc) is 3.78. The first-order valence-electron chi connectivity index (χ1n) is 17.3. The molecule has 8 nitrogen and oxygen atoms in total. The van der Waals surface area contributed by atoms with Gasteiger partial charge in [-0.1, -0.05) is 40.0 Å². The van der Waals surface area contributed by atoms with E-state index in [1.807, 2.05) is 13.0 Å². The zero-order chi connectivity index (χ0) is 33.6. The van der Waals surface area contributed by atoms with Crippen LogP contribution in [-0.2, 0) is 9.53 Å². The fourth-order valence-corrected chi connectivity index (χ4v) is 7.79. The summed E-state index contributed by atoms with van der Waals surface area (Å²) in [6.07, 6.45) is 12.5. The molecule has 0 saturated carbocycles. The summed E-state index contributed by atoms with van der Waals surface area (Å²) in [5, 5.41) is 24.6. The first kappa shape index (κ1) is 32.9. The Kier molecular flexibility index (Phi) is 9.25. The number of fused-ring (bicyclic) bond motifs is 5. The number of carboxylic acids is 1. The number of aliphatic hydroxyl groups excluding tert-OH is 1. The summed E-state index contributed by atoms with van der Waals surface area (Å²) in [5.74, 6) is -0.553. The Labute approximate surface area is 278 Å². The highest BCUT2D eigenvalue weighted by atomic mass is 16.5. The molecule has 2 unspecified atom stereocenters. The van der Waals surface area contributed by atoms with Gasteiger partial charge in [-0.2, -0.15) is 0 Å². The lowest BCUT2D eigenvalue weighted by Gasteiger charge is -2.17. The van der Waals surface area contributed by atoms with E-state index in [-0.39, 0.29) is 24.4 Å². The normalized spacial score (nSPS) is 24.1. The SMILES string of the molecule is CCCCCCOC(C)C1=C(C)C2=NC1=CC1=NC(=CC3=C(C)C4=C(O)CC(=C5NC(=C2)C(C)[C@@H]5CCC(=O)O)C4=N3)C(CC)=C1C. The summed E-state index contributed by atoms with van der Waals surface area (Å²) < 4.78 is 6.42. The maximum absolute atomic E-state index is 11.7. The minimum absolute atomic E-state index is 0.0215. The van der Waals surface area contributed by atoms with Gasteiger partial charge in [0.25, 0.3) is 0 Å². The lowest BCUT2D eigenvalue weighted by atomic mass is 9.86. The molecule has 6 rings (SSSR count). The number of hydrogen-bond acceptors (Lipinski definition) is 7. The molecule has 8 heteroatoms. The third-order valence-electron chi connectivity index (χ3n) is 10.5. The fourth-order valence-electron chi connectivity index (χ4n) is 7.79. The molecule has 248 valence electrons. The number of ether oxygens (including phenoxy) is 1. The van der Waals surface area contributed by atoms with Crippen molar-refractivity contribution in [1.82, 2.24) is 5.32 Å². The van der Waals surface area contributed by atoms with Crippen LogP contribution in [-0.4, -0.2) is 46.0 Å². The molecule has 6 aliphatic rings. The van der Waals surface area contributed by atoms with E-state index in [0.717, 1.165) is 98.3 Å². The molecule has 0 spiro atoms. The molecule has 0 amide bonds. The number of nitrogens with zero attached hydrogens (tertiary/aromatic N) is 3. The second-order valence-corrected chi connectivity index (χ2v) is 13.5.